The molecule has 7 heteroatoms. The molecule has 0 bridgehead atoms. The van der Waals surface area contributed by atoms with Crippen LogP contribution in [0.15, 0.2) is 40.3 Å². The van der Waals surface area contributed by atoms with Crippen LogP contribution >= 0.6 is 27.3 Å². The number of benzene rings is 1. The number of hydrogen-bond acceptors (Lipinski definition) is 5. The fourth-order valence-electron chi connectivity index (χ4n) is 2.77. The zero-order chi connectivity index (χ0) is 17.1. The van der Waals surface area contributed by atoms with Crippen LogP contribution in [0, 0.1) is 0 Å². The Morgan fingerprint density at radius 3 is 2.84 bits per heavy atom. The van der Waals surface area contributed by atoms with Crippen molar-refractivity contribution in [3.8, 4) is 22.1 Å². The number of nitrogens with one attached hydrogen (secondary N) is 2. The Morgan fingerprint density at radius 1 is 1.12 bits per heavy atom. The molecule has 3 aromatic rings. The van der Waals surface area contributed by atoms with Gasteiger partial charge in [0, 0.05) is 25.1 Å². The van der Waals surface area contributed by atoms with E-state index in [4.69, 9.17) is 9.47 Å². The van der Waals surface area contributed by atoms with Gasteiger partial charge in [0.1, 0.15) is 0 Å². The Labute approximate surface area is 158 Å². The summed E-state index contributed by atoms with van der Waals surface area (Å²) in [6, 6.07) is 10.3. The number of thiophene rings is 1. The molecule has 0 saturated carbocycles. The summed E-state index contributed by atoms with van der Waals surface area (Å²) in [6.45, 7) is 2.93. The first-order chi connectivity index (χ1) is 12.3. The number of aromatic nitrogens is 2. The number of aromatic amines is 1. The molecule has 1 aromatic carbocycles. The first-order valence-electron chi connectivity index (χ1n) is 8.17. The van der Waals surface area contributed by atoms with Crippen LogP contribution in [0.5, 0.6) is 11.5 Å². The number of ether oxygens (including phenoxy) is 2. The third kappa shape index (κ3) is 3.89. The van der Waals surface area contributed by atoms with Crippen LogP contribution in [0.1, 0.15) is 17.5 Å². The van der Waals surface area contributed by atoms with Crippen molar-refractivity contribution in [1.82, 2.24) is 15.5 Å². The largest absolute Gasteiger partial charge is 0.490 e. The van der Waals surface area contributed by atoms with Gasteiger partial charge >= 0.3 is 0 Å². The van der Waals surface area contributed by atoms with Gasteiger partial charge in [-0.25, -0.2) is 0 Å². The third-order valence-electron chi connectivity index (χ3n) is 3.99. The van der Waals surface area contributed by atoms with Crippen LogP contribution in [0.4, 0.5) is 0 Å². The van der Waals surface area contributed by atoms with Gasteiger partial charge in [-0.3, -0.25) is 5.10 Å². The van der Waals surface area contributed by atoms with Gasteiger partial charge in [-0.05, 0) is 45.8 Å². The second kappa shape index (κ2) is 7.59. The quantitative estimate of drug-likeness (QED) is 0.645. The van der Waals surface area contributed by atoms with Crippen molar-refractivity contribution in [2.75, 3.05) is 13.2 Å². The Kier molecular flexibility index (Phi) is 5.05. The fourth-order valence-corrected chi connectivity index (χ4v) is 4.18. The average molecular weight is 420 g/mol. The van der Waals surface area contributed by atoms with E-state index >= 15 is 0 Å². The molecule has 5 nitrogen and oxygen atoms in total. The highest BCUT2D eigenvalue weighted by Gasteiger charge is 2.12. The number of fused-ring (bicyclic) bond motifs is 1. The summed E-state index contributed by atoms with van der Waals surface area (Å²) in [5.41, 5.74) is 3.40. The second-order valence-electron chi connectivity index (χ2n) is 5.81. The Bertz CT molecular complexity index is 862. The van der Waals surface area contributed by atoms with Crippen molar-refractivity contribution >= 4 is 27.3 Å². The molecule has 0 spiro atoms. The molecule has 0 aliphatic carbocycles. The van der Waals surface area contributed by atoms with Crippen molar-refractivity contribution in [2.24, 2.45) is 0 Å². The normalized spacial score (nSPS) is 13.6. The molecule has 25 heavy (non-hydrogen) atoms. The Balaban J connectivity index is 1.40. The molecular formula is C18H18BrN3O2S. The van der Waals surface area contributed by atoms with E-state index in [1.165, 1.54) is 10.4 Å². The molecule has 0 amide bonds. The van der Waals surface area contributed by atoms with Crippen LogP contribution in [-0.2, 0) is 13.1 Å². The van der Waals surface area contributed by atoms with E-state index in [0.29, 0.717) is 13.2 Å². The minimum Gasteiger partial charge on any atom is -0.490 e. The second-order valence-corrected chi connectivity index (χ2v) is 8.27. The molecule has 0 unspecified atom stereocenters. The molecule has 0 saturated heterocycles. The summed E-state index contributed by atoms with van der Waals surface area (Å²) in [7, 11) is 0. The first-order valence-corrected chi connectivity index (χ1v) is 9.78. The molecule has 130 valence electrons. The summed E-state index contributed by atoms with van der Waals surface area (Å²) >= 11 is 5.20. The van der Waals surface area contributed by atoms with Crippen molar-refractivity contribution in [3.63, 3.8) is 0 Å². The van der Waals surface area contributed by atoms with Crippen molar-refractivity contribution in [2.45, 2.75) is 19.5 Å². The van der Waals surface area contributed by atoms with Crippen molar-refractivity contribution in [3.05, 3.63) is 51.4 Å². The maximum Gasteiger partial charge on any atom is 0.161 e. The van der Waals surface area contributed by atoms with E-state index < -0.39 is 0 Å². The monoisotopic (exact) mass is 419 g/mol. The molecular weight excluding hydrogens is 402 g/mol. The number of H-pyrrole nitrogens is 1. The SMILES string of the molecule is Brc1ccc(-c2[nH]ncc2CNCc2ccc3c(c2)OCCCO3)s1. The van der Waals surface area contributed by atoms with E-state index in [1.54, 1.807) is 11.3 Å². The minimum atomic E-state index is 0.707. The average Bonchev–Trinajstić information content (AvgIpc) is 3.18. The molecule has 1 aliphatic rings. The standard InChI is InChI=1S/C18H18BrN3O2S/c19-17-5-4-16(25-17)18-13(11-21-22-18)10-20-9-12-2-3-14-15(8-12)24-7-1-6-23-14/h2-5,8,11,20H,1,6-7,9-10H2,(H,21,22). The minimum absolute atomic E-state index is 0.707. The van der Waals surface area contributed by atoms with E-state index in [0.717, 1.165) is 46.1 Å². The molecule has 3 heterocycles. The van der Waals surface area contributed by atoms with Crippen molar-refractivity contribution in [1.29, 1.82) is 0 Å². The predicted molar refractivity (Wildman–Crippen MR) is 102 cm³/mol. The summed E-state index contributed by atoms with van der Waals surface area (Å²) in [5, 5.41) is 10.8. The lowest BCUT2D eigenvalue weighted by Crippen LogP contribution is -2.13. The van der Waals surface area contributed by atoms with Gasteiger partial charge in [0.05, 0.1) is 33.8 Å². The lowest BCUT2D eigenvalue weighted by atomic mass is 10.2. The van der Waals surface area contributed by atoms with Gasteiger partial charge in [-0.15, -0.1) is 11.3 Å². The van der Waals surface area contributed by atoms with Gasteiger partial charge in [0.15, 0.2) is 11.5 Å². The van der Waals surface area contributed by atoms with Crippen LogP contribution in [0.2, 0.25) is 0 Å². The molecule has 1 aliphatic heterocycles. The third-order valence-corrected chi connectivity index (χ3v) is 5.64. The predicted octanol–water partition coefficient (Wildman–Crippen LogP) is 4.35. The highest BCUT2D eigenvalue weighted by atomic mass is 79.9. The summed E-state index contributed by atoms with van der Waals surface area (Å²) in [6.07, 6.45) is 2.80. The molecule has 2 aromatic heterocycles. The highest BCUT2D eigenvalue weighted by Crippen LogP contribution is 2.32. The number of halogens is 1. The number of rotatable bonds is 5. The van der Waals surface area contributed by atoms with Gasteiger partial charge in [-0.1, -0.05) is 6.07 Å². The van der Waals surface area contributed by atoms with E-state index in [-0.39, 0.29) is 0 Å². The highest BCUT2D eigenvalue weighted by molar-refractivity contribution is 9.11. The maximum atomic E-state index is 5.75. The topological polar surface area (TPSA) is 59.2 Å². The molecule has 0 radical (unpaired) electrons. The molecule has 2 N–H and O–H groups in total. The van der Waals surface area contributed by atoms with Crippen LogP contribution < -0.4 is 14.8 Å². The molecule has 0 atom stereocenters. The molecule has 0 fully saturated rings. The molecule has 4 rings (SSSR count). The van der Waals surface area contributed by atoms with Gasteiger partial charge < -0.3 is 14.8 Å². The van der Waals surface area contributed by atoms with Gasteiger partial charge in [0.25, 0.3) is 0 Å². The summed E-state index contributed by atoms with van der Waals surface area (Å²) in [5.74, 6) is 1.67. The summed E-state index contributed by atoms with van der Waals surface area (Å²) in [4.78, 5) is 1.18. The lowest BCUT2D eigenvalue weighted by molar-refractivity contribution is 0.297. The zero-order valence-electron chi connectivity index (χ0n) is 13.5. The van der Waals surface area contributed by atoms with Gasteiger partial charge in [-0.2, -0.15) is 5.10 Å². The zero-order valence-corrected chi connectivity index (χ0v) is 16.0. The van der Waals surface area contributed by atoms with Crippen LogP contribution in [0.3, 0.4) is 0 Å². The summed E-state index contributed by atoms with van der Waals surface area (Å²) < 4.78 is 12.5. The van der Waals surface area contributed by atoms with E-state index in [2.05, 4.69) is 55.7 Å². The van der Waals surface area contributed by atoms with Crippen LogP contribution in [-0.4, -0.2) is 23.4 Å². The smallest absolute Gasteiger partial charge is 0.161 e. The Hall–Kier alpha value is -1.83. The number of hydrogen-bond donors (Lipinski definition) is 2. The lowest BCUT2D eigenvalue weighted by Gasteiger charge is -2.10. The Morgan fingerprint density at radius 2 is 2.00 bits per heavy atom. The van der Waals surface area contributed by atoms with Crippen molar-refractivity contribution < 1.29 is 9.47 Å². The first kappa shape index (κ1) is 16.6. The van der Waals surface area contributed by atoms with E-state index in [9.17, 15) is 0 Å². The number of nitrogens with zero attached hydrogens (tertiary/aromatic N) is 1. The van der Waals surface area contributed by atoms with Crippen LogP contribution in [0.25, 0.3) is 10.6 Å². The van der Waals surface area contributed by atoms with Gasteiger partial charge in [0.2, 0.25) is 0 Å². The fraction of sp³-hybridized carbons (Fsp3) is 0.278. The maximum absolute atomic E-state index is 5.75. The van der Waals surface area contributed by atoms with E-state index in [1.807, 2.05) is 12.3 Å².